The zero-order valence-electron chi connectivity index (χ0n) is 15.8. The number of methoxy groups -OCH3 is 2. The highest BCUT2D eigenvalue weighted by molar-refractivity contribution is 7.18. The van der Waals surface area contributed by atoms with E-state index >= 15 is 0 Å². The first-order valence-electron chi connectivity index (χ1n) is 8.52. The molecule has 0 amide bonds. The number of ether oxygens (including phenoxy) is 2. The summed E-state index contributed by atoms with van der Waals surface area (Å²) < 4.78 is 17.4. The van der Waals surface area contributed by atoms with Crippen LogP contribution in [0.15, 0.2) is 33.8 Å². The lowest BCUT2D eigenvalue weighted by Gasteiger charge is -2.07. The van der Waals surface area contributed by atoms with Crippen LogP contribution in [0.4, 0.5) is 0 Å². The minimum Gasteiger partial charge on any atom is -0.497 e. The molecule has 0 radical (unpaired) electrons. The van der Waals surface area contributed by atoms with Gasteiger partial charge in [0.2, 0.25) is 11.7 Å². The Balaban J connectivity index is 1.68. The van der Waals surface area contributed by atoms with Gasteiger partial charge >= 0.3 is 0 Å². The van der Waals surface area contributed by atoms with Crippen LogP contribution < -0.4 is 15.0 Å². The normalized spacial score (nSPS) is 11.1. The molecule has 8 nitrogen and oxygen atoms in total. The highest BCUT2D eigenvalue weighted by atomic mass is 32.1. The maximum absolute atomic E-state index is 12.8. The summed E-state index contributed by atoms with van der Waals surface area (Å²) >= 11 is 1.52. The number of aryl methyl sites for hydroxylation is 2. The number of aromatic nitrogens is 4. The number of nitrogens with zero attached hydrogens (tertiary/aromatic N) is 4. The zero-order valence-corrected chi connectivity index (χ0v) is 16.7. The Morgan fingerprint density at radius 1 is 1.21 bits per heavy atom. The van der Waals surface area contributed by atoms with Crippen molar-refractivity contribution in [3.05, 3.63) is 51.2 Å². The molecule has 28 heavy (non-hydrogen) atoms. The number of fused-ring (bicyclic) bond motifs is 1. The van der Waals surface area contributed by atoms with Gasteiger partial charge in [-0.25, -0.2) is 4.98 Å². The number of hydrogen-bond donors (Lipinski definition) is 0. The van der Waals surface area contributed by atoms with Crippen LogP contribution in [0, 0.1) is 13.8 Å². The summed E-state index contributed by atoms with van der Waals surface area (Å²) in [6.45, 7) is 4.06. The molecule has 0 bridgehead atoms. The summed E-state index contributed by atoms with van der Waals surface area (Å²) in [5.74, 6) is 1.91. The van der Waals surface area contributed by atoms with Gasteiger partial charge in [0.15, 0.2) is 0 Å². The average Bonchev–Trinajstić information content (AvgIpc) is 3.28. The molecule has 1 aromatic carbocycles. The second-order valence-electron chi connectivity index (χ2n) is 6.22. The fraction of sp³-hybridized carbons (Fsp3) is 0.263. The van der Waals surface area contributed by atoms with Crippen molar-refractivity contribution in [2.45, 2.75) is 20.4 Å². The third-order valence-corrected chi connectivity index (χ3v) is 5.69. The van der Waals surface area contributed by atoms with E-state index < -0.39 is 0 Å². The fourth-order valence-electron chi connectivity index (χ4n) is 2.94. The largest absolute Gasteiger partial charge is 0.497 e. The third-order valence-electron chi connectivity index (χ3n) is 4.58. The van der Waals surface area contributed by atoms with Gasteiger partial charge in [0.05, 0.1) is 31.5 Å². The van der Waals surface area contributed by atoms with Crippen molar-refractivity contribution in [3.8, 4) is 22.9 Å². The molecule has 4 rings (SSSR count). The van der Waals surface area contributed by atoms with Crippen molar-refractivity contribution in [2.24, 2.45) is 0 Å². The van der Waals surface area contributed by atoms with E-state index in [0.29, 0.717) is 34.2 Å². The van der Waals surface area contributed by atoms with Crippen LogP contribution in [0.2, 0.25) is 0 Å². The average molecular weight is 398 g/mol. The second kappa shape index (κ2) is 7.08. The van der Waals surface area contributed by atoms with Crippen LogP contribution in [-0.4, -0.2) is 33.9 Å². The van der Waals surface area contributed by atoms with Gasteiger partial charge in [-0.15, -0.1) is 11.3 Å². The molecule has 0 saturated heterocycles. The van der Waals surface area contributed by atoms with Crippen LogP contribution in [0.5, 0.6) is 11.5 Å². The molecule has 0 N–H and O–H groups in total. The number of benzene rings is 1. The van der Waals surface area contributed by atoms with Gasteiger partial charge < -0.3 is 14.0 Å². The Morgan fingerprint density at radius 2 is 2.04 bits per heavy atom. The minimum absolute atomic E-state index is 0.117. The molecule has 0 aliphatic heterocycles. The first kappa shape index (κ1) is 18.2. The second-order valence-corrected chi connectivity index (χ2v) is 7.42. The molecule has 0 unspecified atom stereocenters. The lowest BCUT2D eigenvalue weighted by molar-refractivity contribution is 0.369. The Bertz CT molecular complexity index is 1220. The number of hydrogen-bond acceptors (Lipinski definition) is 8. The summed E-state index contributed by atoms with van der Waals surface area (Å²) in [4.78, 5) is 23.4. The fourth-order valence-corrected chi connectivity index (χ4v) is 3.93. The van der Waals surface area contributed by atoms with E-state index in [9.17, 15) is 4.79 Å². The lowest BCUT2D eigenvalue weighted by Crippen LogP contribution is -2.21. The summed E-state index contributed by atoms with van der Waals surface area (Å²) in [5, 5.41) is 4.66. The highest BCUT2D eigenvalue weighted by Gasteiger charge is 2.17. The van der Waals surface area contributed by atoms with E-state index in [-0.39, 0.29) is 12.1 Å². The van der Waals surface area contributed by atoms with E-state index in [0.717, 1.165) is 15.3 Å². The standard InChI is InChI=1S/C19H18N4O4S/c1-10-11(2)28-18-16(10)19(24)23(9-20-18)8-15-21-17(22-27-15)13-6-5-12(25-3)7-14(13)26-4/h5-7,9H,8H2,1-4H3. The predicted octanol–water partition coefficient (Wildman–Crippen LogP) is 3.19. The Labute approximate surface area is 164 Å². The first-order valence-corrected chi connectivity index (χ1v) is 9.33. The van der Waals surface area contributed by atoms with E-state index in [1.165, 1.54) is 22.2 Å². The van der Waals surface area contributed by atoms with Gasteiger partial charge in [0.1, 0.15) is 22.9 Å². The van der Waals surface area contributed by atoms with E-state index in [4.69, 9.17) is 14.0 Å². The van der Waals surface area contributed by atoms with E-state index in [1.807, 2.05) is 13.8 Å². The topological polar surface area (TPSA) is 92.3 Å². The van der Waals surface area contributed by atoms with Gasteiger partial charge in [0.25, 0.3) is 5.56 Å². The molecule has 0 aliphatic carbocycles. The molecule has 3 heterocycles. The van der Waals surface area contributed by atoms with Gasteiger partial charge in [-0.3, -0.25) is 9.36 Å². The molecule has 0 saturated carbocycles. The van der Waals surface area contributed by atoms with Gasteiger partial charge in [0, 0.05) is 10.9 Å². The van der Waals surface area contributed by atoms with Gasteiger partial charge in [-0.1, -0.05) is 5.16 Å². The Hall–Kier alpha value is -3.20. The number of thiophene rings is 1. The summed E-state index contributed by atoms with van der Waals surface area (Å²) in [5.41, 5.74) is 1.51. The third kappa shape index (κ3) is 3.03. The molecule has 3 aromatic heterocycles. The van der Waals surface area contributed by atoms with Crippen LogP contribution in [0.1, 0.15) is 16.3 Å². The van der Waals surface area contributed by atoms with Crippen LogP contribution in [0.25, 0.3) is 21.6 Å². The molecule has 144 valence electrons. The Kier molecular flexibility index (Phi) is 4.60. The molecule has 0 spiro atoms. The van der Waals surface area contributed by atoms with Crippen molar-refractivity contribution in [1.82, 2.24) is 19.7 Å². The van der Waals surface area contributed by atoms with E-state index in [1.54, 1.807) is 32.4 Å². The molecule has 9 heteroatoms. The molecule has 0 fully saturated rings. The maximum atomic E-state index is 12.8. The van der Waals surface area contributed by atoms with Crippen LogP contribution >= 0.6 is 11.3 Å². The highest BCUT2D eigenvalue weighted by Crippen LogP contribution is 2.31. The monoisotopic (exact) mass is 398 g/mol. The quantitative estimate of drug-likeness (QED) is 0.510. The molecular weight excluding hydrogens is 380 g/mol. The zero-order chi connectivity index (χ0) is 19.8. The Morgan fingerprint density at radius 3 is 2.79 bits per heavy atom. The van der Waals surface area contributed by atoms with Crippen molar-refractivity contribution < 1.29 is 14.0 Å². The predicted molar refractivity (Wildman–Crippen MR) is 105 cm³/mol. The molecule has 0 aliphatic rings. The molecule has 4 aromatic rings. The molecular formula is C19H18N4O4S. The van der Waals surface area contributed by atoms with Crippen molar-refractivity contribution in [3.63, 3.8) is 0 Å². The van der Waals surface area contributed by atoms with Crippen molar-refractivity contribution in [1.29, 1.82) is 0 Å². The van der Waals surface area contributed by atoms with Gasteiger partial charge in [-0.05, 0) is 31.5 Å². The van der Waals surface area contributed by atoms with Crippen LogP contribution in [-0.2, 0) is 6.54 Å². The van der Waals surface area contributed by atoms with Gasteiger partial charge in [-0.2, -0.15) is 4.98 Å². The van der Waals surface area contributed by atoms with Crippen molar-refractivity contribution in [2.75, 3.05) is 14.2 Å². The maximum Gasteiger partial charge on any atom is 0.262 e. The lowest BCUT2D eigenvalue weighted by atomic mass is 10.2. The van der Waals surface area contributed by atoms with Crippen LogP contribution in [0.3, 0.4) is 0 Å². The summed E-state index contributed by atoms with van der Waals surface area (Å²) in [6, 6.07) is 5.33. The SMILES string of the molecule is COc1ccc(-c2noc(Cn3cnc4sc(C)c(C)c4c3=O)n2)c(OC)c1. The van der Waals surface area contributed by atoms with Crippen molar-refractivity contribution >= 4 is 21.6 Å². The number of rotatable bonds is 5. The van der Waals surface area contributed by atoms with E-state index in [2.05, 4.69) is 15.1 Å². The summed E-state index contributed by atoms with van der Waals surface area (Å²) in [7, 11) is 3.14. The summed E-state index contributed by atoms with van der Waals surface area (Å²) in [6.07, 6.45) is 1.51. The first-order chi connectivity index (χ1) is 13.5. The smallest absolute Gasteiger partial charge is 0.262 e. The minimum atomic E-state index is -0.117. The molecule has 0 atom stereocenters.